The van der Waals surface area contributed by atoms with Crippen LogP contribution in [0.5, 0.6) is 0 Å². The van der Waals surface area contributed by atoms with E-state index in [1.54, 1.807) is 0 Å². The van der Waals surface area contributed by atoms with Gasteiger partial charge in [-0.25, -0.2) is 0 Å². The van der Waals surface area contributed by atoms with Crippen LogP contribution in [0, 0.1) is 23.2 Å². The van der Waals surface area contributed by atoms with E-state index in [4.69, 9.17) is 4.74 Å². The van der Waals surface area contributed by atoms with Crippen molar-refractivity contribution in [1.82, 2.24) is 10.6 Å². The third-order valence-corrected chi connectivity index (χ3v) is 4.74. The summed E-state index contributed by atoms with van der Waals surface area (Å²) in [5, 5.41) is 15.9. The number of rotatable bonds is 8. The number of nitrogens with zero attached hydrogens (tertiary/aromatic N) is 1. The van der Waals surface area contributed by atoms with Crippen LogP contribution >= 0.6 is 0 Å². The minimum absolute atomic E-state index is 0.0677. The Morgan fingerprint density at radius 1 is 1.26 bits per heavy atom. The van der Waals surface area contributed by atoms with Gasteiger partial charge in [-0.15, -0.1) is 11.8 Å². The van der Waals surface area contributed by atoms with Crippen molar-refractivity contribution in [3.8, 4) is 17.9 Å². The van der Waals surface area contributed by atoms with Crippen molar-refractivity contribution in [3.05, 3.63) is 54.8 Å². The lowest BCUT2D eigenvalue weighted by atomic mass is 10.0. The first kappa shape index (κ1) is 28.3. The molecule has 1 aromatic rings. The third-order valence-electron chi connectivity index (χ3n) is 4.74. The number of nitrogens with one attached hydrogen (secondary N) is 2. The average Bonchev–Trinajstić information content (AvgIpc) is 3.55. The molecule has 4 heteroatoms. The van der Waals surface area contributed by atoms with Crippen molar-refractivity contribution >= 4 is 5.70 Å². The van der Waals surface area contributed by atoms with Gasteiger partial charge in [0, 0.05) is 12.1 Å². The van der Waals surface area contributed by atoms with Crippen LogP contribution in [0.2, 0.25) is 0 Å². The van der Waals surface area contributed by atoms with E-state index in [0.717, 1.165) is 36.9 Å². The van der Waals surface area contributed by atoms with Gasteiger partial charge in [0.05, 0.1) is 23.5 Å². The summed E-state index contributed by atoms with van der Waals surface area (Å²) >= 11 is 0. The normalized spacial score (nSPS) is 13.9. The van der Waals surface area contributed by atoms with Gasteiger partial charge in [-0.05, 0) is 65.1 Å². The van der Waals surface area contributed by atoms with Crippen LogP contribution in [0.4, 0.5) is 0 Å². The van der Waals surface area contributed by atoms with Gasteiger partial charge in [-0.2, -0.15) is 5.26 Å². The maximum atomic E-state index is 9.39. The first-order valence-electron chi connectivity index (χ1n) is 11.0. The molecule has 2 N–H and O–H groups in total. The van der Waals surface area contributed by atoms with Crippen molar-refractivity contribution < 1.29 is 4.74 Å². The molecule has 31 heavy (non-hydrogen) atoms. The lowest BCUT2D eigenvalue weighted by molar-refractivity contribution is 0.0775. The van der Waals surface area contributed by atoms with Gasteiger partial charge < -0.3 is 15.4 Å². The Morgan fingerprint density at radius 2 is 1.84 bits per heavy atom. The van der Waals surface area contributed by atoms with E-state index in [1.807, 2.05) is 48.6 Å². The van der Waals surface area contributed by atoms with Crippen molar-refractivity contribution in [2.24, 2.45) is 0 Å². The number of ether oxygens (including phenoxy) is 1. The predicted molar refractivity (Wildman–Crippen MR) is 133 cm³/mol. The molecule has 1 atom stereocenters. The van der Waals surface area contributed by atoms with E-state index >= 15 is 0 Å². The summed E-state index contributed by atoms with van der Waals surface area (Å²) in [6.45, 7) is 19.3. The predicted octanol–water partition coefficient (Wildman–Crippen LogP) is 5.82. The monoisotopic (exact) mass is 423 g/mol. The molecule has 1 aliphatic carbocycles. The topological polar surface area (TPSA) is 57.1 Å². The molecule has 1 aliphatic rings. The van der Waals surface area contributed by atoms with E-state index in [-0.39, 0.29) is 17.2 Å². The van der Waals surface area contributed by atoms with Gasteiger partial charge in [0.15, 0.2) is 0 Å². The molecule has 0 saturated heterocycles. The van der Waals surface area contributed by atoms with Gasteiger partial charge in [0.1, 0.15) is 6.04 Å². The fourth-order valence-corrected chi connectivity index (χ4v) is 2.82. The Kier molecular flexibility index (Phi) is 13.1. The molecule has 0 radical (unpaired) electrons. The van der Waals surface area contributed by atoms with Crippen LogP contribution < -0.4 is 10.6 Å². The molecular formula is C27H41N3O. The minimum Gasteiger partial charge on any atom is -0.496 e. The van der Waals surface area contributed by atoms with Crippen LogP contribution in [0.1, 0.15) is 71.9 Å². The minimum atomic E-state index is -0.246. The average molecular weight is 424 g/mol. The largest absolute Gasteiger partial charge is 0.496 e. The Hall–Kier alpha value is -2.69. The van der Waals surface area contributed by atoms with Gasteiger partial charge in [-0.3, -0.25) is 0 Å². The molecule has 0 amide bonds. The highest BCUT2D eigenvalue weighted by atomic mass is 16.5. The lowest BCUT2D eigenvalue weighted by Gasteiger charge is -2.23. The second-order valence-corrected chi connectivity index (χ2v) is 8.11. The fraction of sp³-hybridized carbons (Fsp3) is 0.519. The maximum Gasteiger partial charge on any atom is 0.132 e. The van der Waals surface area contributed by atoms with Gasteiger partial charge in [-0.1, -0.05) is 51.3 Å². The summed E-state index contributed by atoms with van der Waals surface area (Å²) in [4.78, 5) is 0. The van der Waals surface area contributed by atoms with E-state index in [9.17, 15) is 5.26 Å². The zero-order chi connectivity index (χ0) is 23.9. The fourth-order valence-electron chi connectivity index (χ4n) is 2.82. The molecule has 170 valence electrons. The number of benzene rings is 1. The summed E-state index contributed by atoms with van der Waals surface area (Å²) in [5.74, 6) is 5.99. The summed E-state index contributed by atoms with van der Waals surface area (Å²) in [7, 11) is 1.91. The molecule has 2 rings (SSSR count). The lowest BCUT2D eigenvalue weighted by Crippen LogP contribution is -2.47. The highest BCUT2D eigenvalue weighted by Gasteiger charge is 2.48. The van der Waals surface area contributed by atoms with Crippen LogP contribution in [-0.4, -0.2) is 24.2 Å². The Bertz CT molecular complexity index is 766. The van der Waals surface area contributed by atoms with Crippen molar-refractivity contribution in [3.63, 3.8) is 0 Å². The molecule has 0 spiro atoms. The molecule has 1 aromatic carbocycles. The molecule has 0 aromatic heterocycles. The maximum absolute atomic E-state index is 9.39. The molecule has 1 saturated carbocycles. The summed E-state index contributed by atoms with van der Waals surface area (Å²) in [6.07, 6.45) is 5.36. The zero-order valence-corrected chi connectivity index (χ0v) is 20.6. The molecule has 1 unspecified atom stereocenters. The van der Waals surface area contributed by atoms with Crippen LogP contribution in [0.25, 0.3) is 5.70 Å². The summed E-state index contributed by atoms with van der Waals surface area (Å²) in [5.41, 5.74) is 2.94. The Balaban J connectivity index is 0.000000852. The molecule has 1 fully saturated rings. The standard InChI is InChI=1S/C19H23N3.C6H12O.C2H6/c1-4-5-6-7-16-8-10-17(11-9-16)15(2)22-18(14-20)19(21-3)12-13-19;1-5-7-6(2,3)4;1-2/h8-11,18,21-22H,2,6-7,12-13H2,1,3H3;5H,1H2,2-4H3;1-2H3. The quantitative estimate of drug-likeness (QED) is 0.409. The second kappa shape index (κ2) is 14.3. The van der Waals surface area contributed by atoms with Crippen LogP contribution in [0.3, 0.4) is 0 Å². The molecule has 4 nitrogen and oxygen atoms in total. The van der Waals surface area contributed by atoms with E-state index in [1.165, 1.54) is 11.8 Å². The smallest absolute Gasteiger partial charge is 0.132 e. The van der Waals surface area contributed by atoms with Crippen LogP contribution in [-0.2, 0) is 11.2 Å². The van der Waals surface area contributed by atoms with Crippen molar-refractivity contribution in [1.29, 1.82) is 5.26 Å². The van der Waals surface area contributed by atoms with Crippen molar-refractivity contribution in [2.75, 3.05) is 7.05 Å². The van der Waals surface area contributed by atoms with E-state index in [0.29, 0.717) is 0 Å². The third kappa shape index (κ3) is 10.8. The number of nitriles is 1. The molecule has 0 heterocycles. The first-order chi connectivity index (χ1) is 14.7. The highest BCUT2D eigenvalue weighted by Crippen LogP contribution is 2.38. The number of hydrogen-bond donors (Lipinski definition) is 2. The van der Waals surface area contributed by atoms with Crippen LogP contribution in [0.15, 0.2) is 43.7 Å². The van der Waals surface area contributed by atoms with E-state index in [2.05, 4.69) is 66.0 Å². The van der Waals surface area contributed by atoms with E-state index < -0.39 is 0 Å². The molecular weight excluding hydrogens is 382 g/mol. The Labute approximate surface area is 190 Å². The summed E-state index contributed by atoms with van der Waals surface area (Å²) in [6, 6.07) is 10.4. The van der Waals surface area contributed by atoms with Crippen molar-refractivity contribution in [2.45, 2.75) is 84.4 Å². The van der Waals surface area contributed by atoms with Gasteiger partial charge in [0.25, 0.3) is 0 Å². The highest BCUT2D eigenvalue weighted by molar-refractivity contribution is 5.62. The SMILES string of the molecule is C=C(NC(C#N)C1(NC)CC1)c1ccc(CCC#CC)cc1.C=COC(C)(C)C.CC. The van der Waals surface area contributed by atoms with Gasteiger partial charge >= 0.3 is 0 Å². The molecule has 0 aliphatic heterocycles. The second-order valence-electron chi connectivity index (χ2n) is 8.11. The first-order valence-corrected chi connectivity index (χ1v) is 11.0. The number of likely N-dealkylation sites (N-methyl/N-ethyl adjacent to an activating group) is 1. The molecule has 0 bridgehead atoms. The number of aryl methyl sites for hydroxylation is 1. The van der Waals surface area contributed by atoms with Gasteiger partial charge in [0.2, 0.25) is 0 Å². The zero-order valence-electron chi connectivity index (χ0n) is 20.6. The number of hydrogen-bond acceptors (Lipinski definition) is 4. The Morgan fingerprint density at radius 3 is 2.19 bits per heavy atom. The summed E-state index contributed by atoms with van der Waals surface area (Å²) < 4.78 is 4.99.